The molecular formula is C17H30IN7O. The molecule has 3 rings (SSSR count). The number of nitrogens with zero attached hydrogens (tertiary/aromatic N) is 6. The van der Waals surface area contributed by atoms with Crippen LogP contribution in [0.5, 0.6) is 0 Å². The summed E-state index contributed by atoms with van der Waals surface area (Å²) in [5, 5.41) is 3.41. The fraction of sp³-hybridized carbons (Fsp3) is 0.706. The summed E-state index contributed by atoms with van der Waals surface area (Å²) in [4.78, 5) is 20.3. The topological polar surface area (TPSA) is 69.1 Å². The van der Waals surface area contributed by atoms with Crippen LogP contribution in [0.25, 0.3) is 0 Å². The molecule has 146 valence electrons. The summed E-state index contributed by atoms with van der Waals surface area (Å²) in [6.45, 7) is 10.0. The van der Waals surface area contributed by atoms with Crippen molar-refractivity contribution in [3.8, 4) is 0 Å². The van der Waals surface area contributed by atoms with Gasteiger partial charge in [-0.2, -0.15) is 0 Å². The second-order valence-electron chi connectivity index (χ2n) is 6.47. The zero-order valence-electron chi connectivity index (χ0n) is 15.7. The molecule has 0 saturated carbocycles. The predicted octanol–water partition coefficient (Wildman–Crippen LogP) is 0.513. The highest BCUT2D eigenvalue weighted by Gasteiger charge is 2.22. The van der Waals surface area contributed by atoms with Crippen LogP contribution in [0.3, 0.4) is 0 Å². The van der Waals surface area contributed by atoms with Crippen molar-refractivity contribution in [1.82, 2.24) is 25.1 Å². The van der Waals surface area contributed by atoms with Crippen LogP contribution >= 0.6 is 24.0 Å². The smallest absolute Gasteiger partial charge is 0.225 e. The molecule has 2 saturated heterocycles. The number of morpholine rings is 1. The van der Waals surface area contributed by atoms with Gasteiger partial charge >= 0.3 is 0 Å². The van der Waals surface area contributed by atoms with Gasteiger partial charge < -0.3 is 24.8 Å². The first-order valence-electron chi connectivity index (χ1n) is 9.11. The highest BCUT2D eigenvalue weighted by Crippen LogP contribution is 2.10. The van der Waals surface area contributed by atoms with E-state index in [0.29, 0.717) is 6.54 Å². The van der Waals surface area contributed by atoms with E-state index in [0.717, 1.165) is 64.3 Å². The standard InChI is InChI=1S/C17H29N7O.HI/c1-3-18-16(21-13-15-14-22(2)11-12-25-15)23-7-9-24(10-8-23)17-19-5-4-6-20-17;/h4-6,15H,3,7-14H2,1-2H3,(H,18,21);1H. The Hall–Kier alpha value is -1.20. The fourth-order valence-corrected chi connectivity index (χ4v) is 3.16. The van der Waals surface area contributed by atoms with Gasteiger partial charge in [0.05, 0.1) is 19.3 Å². The van der Waals surface area contributed by atoms with Crippen LogP contribution in [0.15, 0.2) is 23.5 Å². The SMILES string of the molecule is CCNC(=NCC1CN(C)CCO1)N1CCN(c2ncccn2)CC1.I. The van der Waals surface area contributed by atoms with Crippen LogP contribution in [0.4, 0.5) is 5.95 Å². The van der Waals surface area contributed by atoms with E-state index in [2.05, 4.69) is 44.0 Å². The molecule has 0 aromatic carbocycles. The van der Waals surface area contributed by atoms with Gasteiger partial charge in [0.2, 0.25) is 5.95 Å². The molecule has 9 heteroatoms. The van der Waals surface area contributed by atoms with E-state index in [-0.39, 0.29) is 30.1 Å². The summed E-state index contributed by atoms with van der Waals surface area (Å²) >= 11 is 0. The summed E-state index contributed by atoms with van der Waals surface area (Å²) in [5.41, 5.74) is 0. The Morgan fingerprint density at radius 3 is 2.62 bits per heavy atom. The molecular weight excluding hydrogens is 445 g/mol. The molecule has 26 heavy (non-hydrogen) atoms. The molecule has 1 unspecified atom stereocenters. The van der Waals surface area contributed by atoms with Crippen molar-refractivity contribution in [2.45, 2.75) is 13.0 Å². The molecule has 1 aromatic rings. The van der Waals surface area contributed by atoms with Crippen LogP contribution < -0.4 is 10.2 Å². The highest BCUT2D eigenvalue weighted by molar-refractivity contribution is 14.0. The van der Waals surface area contributed by atoms with Crippen LogP contribution in [-0.4, -0.2) is 97.8 Å². The number of halogens is 1. The Morgan fingerprint density at radius 1 is 1.23 bits per heavy atom. The second-order valence-corrected chi connectivity index (χ2v) is 6.47. The van der Waals surface area contributed by atoms with Gasteiger partial charge in [-0.15, -0.1) is 24.0 Å². The van der Waals surface area contributed by atoms with Gasteiger partial charge in [-0.3, -0.25) is 4.99 Å². The van der Waals surface area contributed by atoms with Gasteiger partial charge in [0, 0.05) is 58.2 Å². The van der Waals surface area contributed by atoms with E-state index in [1.54, 1.807) is 12.4 Å². The maximum absolute atomic E-state index is 5.82. The molecule has 0 spiro atoms. The summed E-state index contributed by atoms with van der Waals surface area (Å²) in [6.07, 6.45) is 3.77. The minimum atomic E-state index is 0. The van der Waals surface area contributed by atoms with Gasteiger partial charge in [0.25, 0.3) is 0 Å². The molecule has 3 heterocycles. The van der Waals surface area contributed by atoms with E-state index >= 15 is 0 Å². The number of rotatable bonds is 4. The summed E-state index contributed by atoms with van der Waals surface area (Å²) < 4.78 is 5.82. The van der Waals surface area contributed by atoms with Gasteiger partial charge in [0.15, 0.2) is 5.96 Å². The molecule has 8 nitrogen and oxygen atoms in total. The number of anilines is 1. The first-order chi connectivity index (χ1) is 12.3. The van der Waals surface area contributed by atoms with Gasteiger partial charge in [-0.05, 0) is 20.0 Å². The average Bonchev–Trinajstić information content (AvgIpc) is 2.66. The van der Waals surface area contributed by atoms with E-state index in [1.807, 2.05) is 6.07 Å². The monoisotopic (exact) mass is 475 g/mol. The first-order valence-corrected chi connectivity index (χ1v) is 9.11. The maximum atomic E-state index is 5.82. The van der Waals surface area contributed by atoms with E-state index < -0.39 is 0 Å². The molecule has 0 aliphatic carbocycles. The molecule has 2 aliphatic heterocycles. The fourth-order valence-electron chi connectivity index (χ4n) is 3.16. The van der Waals surface area contributed by atoms with Crippen LogP contribution in [0.1, 0.15) is 6.92 Å². The number of ether oxygens (including phenoxy) is 1. The number of hydrogen-bond acceptors (Lipinski definition) is 6. The largest absolute Gasteiger partial charge is 0.374 e. The lowest BCUT2D eigenvalue weighted by Gasteiger charge is -2.36. The van der Waals surface area contributed by atoms with Crippen molar-refractivity contribution in [2.24, 2.45) is 4.99 Å². The van der Waals surface area contributed by atoms with Crippen molar-refractivity contribution in [2.75, 3.05) is 70.9 Å². The van der Waals surface area contributed by atoms with Gasteiger partial charge in [0.1, 0.15) is 0 Å². The van der Waals surface area contributed by atoms with Gasteiger partial charge in [-0.1, -0.05) is 0 Å². The van der Waals surface area contributed by atoms with E-state index in [1.165, 1.54) is 0 Å². The third-order valence-electron chi connectivity index (χ3n) is 4.54. The van der Waals surface area contributed by atoms with Crippen molar-refractivity contribution in [3.63, 3.8) is 0 Å². The van der Waals surface area contributed by atoms with Crippen LogP contribution in [0.2, 0.25) is 0 Å². The molecule has 0 radical (unpaired) electrons. The number of likely N-dealkylation sites (N-methyl/N-ethyl adjacent to an activating group) is 1. The number of piperazine rings is 1. The van der Waals surface area contributed by atoms with Crippen LogP contribution in [0, 0.1) is 0 Å². The minimum Gasteiger partial charge on any atom is -0.374 e. The molecule has 1 N–H and O–H groups in total. The molecule has 2 aliphatic rings. The van der Waals surface area contributed by atoms with Crippen molar-refractivity contribution < 1.29 is 4.74 Å². The maximum Gasteiger partial charge on any atom is 0.225 e. The van der Waals surface area contributed by atoms with Crippen molar-refractivity contribution >= 4 is 35.9 Å². The third-order valence-corrected chi connectivity index (χ3v) is 4.54. The molecule has 0 bridgehead atoms. The second kappa shape index (κ2) is 10.8. The number of aromatic nitrogens is 2. The summed E-state index contributed by atoms with van der Waals surface area (Å²) in [6, 6.07) is 1.85. The molecule has 0 amide bonds. The Bertz CT molecular complexity index is 551. The van der Waals surface area contributed by atoms with E-state index in [9.17, 15) is 0 Å². The summed E-state index contributed by atoms with van der Waals surface area (Å²) in [7, 11) is 2.13. The lowest BCUT2D eigenvalue weighted by Crippen LogP contribution is -2.53. The first kappa shape index (κ1) is 21.1. The Morgan fingerprint density at radius 2 is 1.96 bits per heavy atom. The molecule has 1 aromatic heterocycles. The minimum absolute atomic E-state index is 0. The normalized spacial score (nSPS) is 22.1. The summed E-state index contributed by atoms with van der Waals surface area (Å²) in [5.74, 6) is 1.79. The quantitative estimate of drug-likeness (QED) is 0.387. The Kier molecular flexibility index (Phi) is 8.79. The molecule has 1 atom stereocenters. The zero-order valence-corrected chi connectivity index (χ0v) is 18.0. The number of aliphatic imine (C=N–C) groups is 1. The number of nitrogens with one attached hydrogen (secondary N) is 1. The van der Waals surface area contributed by atoms with Crippen molar-refractivity contribution in [3.05, 3.63) is 18.5 Å². The number of hydrogen-bond donors (Lipinski definition) is 1. The Labute approximate surface area is 173 Å². The van der Waals surface area contributed by atoms with Crippen molar-refractivity contribution in [1.29, 1.82) is 0 Å². The van der Waals surface area contributed by atoms with Crippen LogP contribution in [-0.2, 0) is 4.74 Å². The molecule has 2 fully saturated rings. The Balaban J connectivity index is 0.00000243. The highest BCUT2D eigenvalue weighted by atomic mass is 127. The lowest BCUT2D eigenvalue weighted by atomic mass is 10.3. The third kappa shape index (κ3) is 5.92. The van der Waals surface area contributed by atoms with Gasteiger partial charge in [-0.25, -0.2) is 9.97 Å². The zero-order chi connectivity index (χ0) is 17.5. The van der Waals surface area contributed by atoms with E-state index in [4.69, 9.17) is 9.73 Å². The predicted molar refractivity (Wildman–Crippen MR) is 114 cm³/mol. The lowest BCUT2D eigenvalue weighted by molar-refractivity contribution is -0.0137. The number of guanidine groups is 1. The average molecular weight is 475 g/mol.